The van der Waals surface area contributed by atoms with Crippen LogP contribution in [-0.2, 0) is 4.74 Å². The monoisotopic (exact) mass is 537 g/mol. The van der Waals surface area contributed by atoms with Crippen LogP contribution in [0.2, 0.25) is 0 Å². The second-order valence-electron chi connectivity index (χ2n) is 7.53. The number of carbonyl (C=O) groups is 1. The summed E-state index contributed by atoms with van der Waals surface area (Å²) in [5.74, 6) is -0.938. The van der Waals surface area contributed by atoms with Crippen LogP contribution < -0.4 is 16.0 Å². The molecule has 2 aliphatic rings. The zero-order valence-corrected chi connectivity index (χ0v) is 19.5. The maximum atomic E-state index is 13.4. The molecule has 1 amide bonds. The second kappa shape index (κ2) is 11.5. The minimum absolute atomic E-state index is 0. The molecule has 2 heterocycles. The first-order valence-electron chi connectivity index (χ1n) is 10.1. The van der Waals surface area contributed by atoms with Gasteiger partial charge in [0.1, 0.15) is 0 Å². The molecule has 2 fully saturated rings. The zero-order valence-electron chi connectivity index (χ0n) is 17.2. The first-order chi connectivity index (χ1) is 14.0. The van der Waals surface area contributed by atoms with E-state index in [1.807, 2.05) is 4.90 Å². The molecule has 30 heavy (non-hydrogen) atoms. The molecule has 0 saturated carbocycles. The van der Waals surface area contributed by atoms with Gasteiger partial charge in [0.15, 0.2) is 17.6 Å². The average molecular weight is 537 g/mol. The highest BCUT2D eigenvalue weighted by Crippen LogP contribution is 2.25. The van der Waals surface area contributed by atoms with Crippen molar-refractivity contribution < 1.29 is 18.3 Å². The Morgan fingerprint density at radius 2 is 1.97 bits per heavy atom. The predicted molar refractivity (Wildman–Crippen MR) is 123 cm³/mol. The lowest BCUT2D eigenvalue weighted by Crippen LogP contribution is -2.48. The number of amides is 1. The molecule has 7 nitrogen and oxygen atoms in total. The fourth-order valence-electron chi connectivity index (χ4n) is 3.80. The minimum atomic E-state index is -0.832. The normalized spacial score (nSPS) is 20.1. The summed E-state index contributed by atoms with van der Waals surface area (Å²) >= 11 is 0. The van der Waals surface area contributed by atoms with Crippen LogP contribution in [-0.4, -0.2) is 62.3 Å². The van der Waals surface area contributed by atoms with Gasteiger partial charge in [0.25, 0.3) is 0 Å². The molecule has 0 aliphatic carbocycles. The molecule has 168 valence electrons. The van der Waals surface area contributed by atoms with Crippen LogP contribution in [0.5, 0.6) is 0 Å². The topological polar surface area (TPSA) is 83.2 Å². The highest BCUT2D eigenvalue weighted by molar-refractivity contribution is 14.0. The van der Waals surface area contributed by atoms with Crippen molar-refractivity contribution in [2.45, 2.75) is 32.2 Å². The van der Waals surface area contributed by atoms with Crippen LogP contribution in [0.15, 0.2) is 23.2 Å². The van der Waals surface area contributed by atoms with E-state index in [9.17, 15) is 13.6 Å². The fourth-order valence-corrected chi connectivity index (χ4v) is 3.80. The van der Waals surface area contributed by atoms with E-state index in [1.54, 1.807) is 17.9 Å². The van der Waals surface area contributed by atoms with Crippen molar-refractivity contribution in [3.63, 3.8) is 0 Å². The summed E-state index contributed by atoms with van der Waals surface area (Å²) in [6, 6.07) is 4.18. The third-order valence-electron chi connectivity index (χ3n) is 5.45. The third-order valence-corrected chi connectivity index (χ3v) is 5.45. The maximum absolute atomic E-state index is 13.4. The summed E-state index contributed by atoms with van der Waals surface area (Å²) < 4.78 is 31.6. The summed E-state index contributed by atoms with van der Waals surface area (Å²) in [5.41, 5.74) is 6.73. The van der Waals surface area contributed by atoms with E-state index in [2.05, 4.69) is 10.3 Å². The van der Waals surface area contributed by atoms with Crippen molar-refractivity contribution in [2.24, 2.45) is 16.6 Å². The van der Waals surface area contributed by atoms with Crippen LogP contribution in [0.1, 0.15) is 26.2 Å². The van der Waals surface area contributed by atoms with Crippen LogP contribution in [0, 0.1) is 17.6 Å². The van der Waals surface area contributed by atoms with E-state index in [0.717, 1.165) is 38.4 Å². The molecule has 3 N–H and O–H groups in total. The summed E-state index contributed by atoms with van der Waals surface area (Å²) in [6.07, 6.45) is 2.25. The number of nitrogens with two attached hydrogens (primary N) is 1. The van der Waals surface area contributed by atoms with E-state index in [4.69, 9.17) is 10.5 Å². The smallest absolute Gasteiger partial charge is 0.409 e. The van der Waals surface area contributed by atoms with Crippen molar-refractivity contribution in [1.29, 1.82) is 0 Å². The fraction of sp³-hybridized carbons (Fsp3) is 0.600. The lowest BCUT2D eigenvalue weighted by Gasteiger charge is -2.31. The third kappa shape index (κ3) is 6.58. The molecule has 0 aromatic heterocycles. The number of guanidine groups is 1. The number of benzene rings is 1. The van der Waals surface area contributed by atoms with Gasteiger partial charge in [-0.3, -0.25) is 4.99 Å². The van der Waals surface area contributed by atoms with Crippen molar-refractivity contribution in [2.75, 3.05) is 44.2 Å². The molecule has 2 aliphatic heterocycles. The Balaban J connectivity index is 0.00000320. The molecule has 1 aromatic carbocycles. The zero-order chi connectivity index (χ0) is 20.8. The standard InChI is InChI=1S/C20H29F2N5O2.HI/c1-2-29-20(28)26-9-6-15(7-10-26)25-19(23)24-12-14-5-8-27(13-14)16-3-4-17(21)18(22)11-16;/h3-4,11,14-15H,2,5-10,12-13H2,1H3,(H3,23,24,25);1H. The molecule has 1 unspecified atom stereocenters. The van der Waals surface area contributed by atoms with Gasteiger partial charge < -0.3 is 25.6 Å². The van der Waals surface area contributed by atoms with Crippen LogP contribution in [0.25, 0.3) is 0 Å². The number of nitrogens with one attached hydrogen (secondary N) is 1. The highest BCUT2D eigenvalue weighted by Gasteiger charge is 2.25. The highest BCUT2D eigenvalue weighted by atomic mass is 127. The Hall–Kier alpha value is -1.85. The Morgan fingerprint density at radius 1 is 1.23 bits per heavy atom. The number of hydrogen-bond donors (Lipinski definition) is 2. The van der Waals surface area contributed by atoms with Gasteiger partial charge in [-0.25, -0.2) is 13.6 Å². The Labute approximate surface area is 193 Å². The molecule has 0 bridgehead atoms. The van der Waals surface area contributed by atoms with Gasteiger partial charge in [-0.05, 0) is 44.2 Å². The van der Waals surface area contributed by atoms with E-state index in [-0.39, 0.29) is 36.1 Å². The molecule has 1 aromatic rings. The van der Waals surface area contributed by atoms with Gasteiger partial charge in [-0.2, -0.15) is 0 Å². The van der Waals surface area contributed by atoms with Gasteiger partial charge in [0.05, 0.1) is 6.61 Å². The van der Waals surface area contributed by atoms with Crippen molar-refractivity contribution in [3.05, 3.63) is 29.8 Å². The number of hydrogen-bond acceptors (Lipinski definition) is 4. The number of halogens is 3. The van der Waals surface area contributed by atoms with Gasteiger partial charge in [0, 0.05) is 50.5 Å². The Kier molecular flexibility index (Phi) is 9.37. The van der Waals surface area contributed by atoms with E-state index < -0.39 is 11.6 Å². The predicted octanol–water partition coefficient (Wildman–Crippen LogP) is 2.93. The largest absolute Gasteiger partial charge is 0.450 e. The molecule has 0 spiro atoms. The van der Waals surface area contributed by atoms with Crippen molar-refractivity contribution >= 4 is 41.7 Å². The average Bonchev–Trinajstić information content (AvgIpc) is 3.18. The minimum Gasteiger partial charge on any atom is -0.450 e. The van der Waals surface area contributed by atoms with Crippen LogP contribution >= 0.6 is 24.0 Å². The van der Waals surface area contributed by atoms with Crippen LogP contribution in [0.3, 0.4) is 0 Å². The molecule has 3 rings (SSSR count). The van der Waals surface area contributed by atoms with Crippen molar-refractivity contribution in [3.8, 4) is 0 Å². The molecule has 0 radical (unpaired) electrons. The molecular formula is C20H30F2IN5O2. The second-order valence-corrected chi connectivity index (χ2v) is 7.53. The molecule has 10 heteroatoms. The van der Waals surface area contributed by atoms with Gasteiger partial charge in [-0.1, -0.05) is 0 Å². The number of ether oxygens (including phenoxy) is 1. The summed E-state index contributed by atoms with van der Waals surface area (Å²) in [6.45, 7) is 5.55. The first-order valence-corrected chi connectivity index (χ1v) is 10.1. The van der Waals surface area contributed by atoms with E-state index in [0.29, 0.717) is 43.8 Å². The van der Waals surface area contributed by atoms with Crippen LogP contribution in [0.4, 0.5) is 19.3 Å². The number of likely N-dealkylation sites (tertiary alicyclic amines) is 1. The lowest BCUT2D eigenvalue weighted by molar-refractivity contribution is 0.0963. The van der Waals surface area contributed by atoms with Gasteiger partial charge in [-0.15, -0.1) is 24.0 Å². The Bertz CT molecular complexity index is 744. The van der Waals surface area contributed by atoms with E-state index in [1.165, 1.54) is 6.07 Å². The quantitative estimate of drug-likeness (QED) is 0.343. The number of nitrogens with zero attached hydrogens (tertiary/aromatic N) is 3. The molecule has 1 atom stereocenters. The summed E-state index contributed by atoms with van der Waals surface area (Å²) in [5, 5.41) is 3.23. The molecule has 2 saturated heterocycles. The Morgan fingerprint density at radius 3 is 2.63 bits per heavy atom. The number of carbonyl (C=O) groups excluding carboxylic acids is 1. The maximum Gasteiger partial charge on any atom is 0.409 e. The van der Waals surface area contributed by atoms with Gasteiger partial charge in [0.2, 0.25) is 0 Å². The summed E-state index contributed by atoms with van der Waals surface area (Å²) in [4.78, 5) is 19.9. The number of aliphatic imine (C=N–C) groups is 1. The molecular weight excluding hydrogens is 507 g/mol. The first kappa shape index (κ1) is 24.4. The van der Waals surface area contributed by atoms with Crippen molar-refractivity contribution in [1.82, 2.24) is 10.2 Å². The van der Waals surface area contributed by atoms with Gasteiger partial charge >= 0.3 is 6.09 Å². The number of piperidine rings is 1. The lowest BCUT2D eigenvalue weighted by atomic mass is 10.1. The van der Waals surface area contributed by atoms with E-state index >= 15 is 0 Å². The number of anilines is 1. The summed E-state index contributed by atoms with van der Waals surface area (Å²) in [7, 11) is 0. The SMILES string of the molecule is CCOC(=O)N1CCC(NC(N)=NCC2CCN(c3ccc(F)c(F)c3)C2)CC1.I. The number of rotatable bonds is 5.